The summed E-state index contributed by atoms with van der Waals surface area (Å²) in [6.07, 6.45) is 3.75. The van der Waals surface area contributed by atoms with Gasteiger partial charge in [-0.2, -0.15) is 0 Å². The first kappa shape index (κ1) is 24.9. The second-order valence-corrected chi connectivity index (χ2v) is 9.66. The number of pyridine rings is 1. The smallest absolute Gasteiger partial charge is 0.356 e. The summed E-state index contributed by atoms with van der Waals surface area (Å²) < 4.78 is 11.0. The van der Waals surface area contributed by atoms with Crippen LogP contribution in [0.5, 0.6) is 5.75 Å². The van der Waals surface area contributed by atoms with E-state index in [9.17, 15) is 19.2 Å². The molecule has 2 atom stereocenters. The lowest BCUT2D eigenvalue weighted by atomic mass is 10.0. The number of nitrogens with zero attached hydrogens (tertiary/aromatic N) is 3. The lowest BCUT2D eigenvalue weighted by molar-refractivity contribution is -0.136. The van der Waals surface area contributed by atoms with E-state index in [4.69, 9.17) is 9.47 Å². The highest BCUT2D eigenvalue weighted by molar-refractivity contribution is 6.05. The summed E-state index contributed by atoms with van der Waals surface area (Å²) in [6, 6.07) is 10.3. The SMILES string of the molecule is COC(=O)c1cccc(CN2CCCC[C@@H]2COc2ccc3c(c2)CN(C2CCC(=O)NC2=O)C3=O)n1. The fourth-order valence-electron chi connectivity index (χ4n) is 5.28. The zero-order chi connectivity index (χ0) is 25.9. The van der Waals surface area contributed by atoms with Gasteiger partial charge in [0.15, 0.2) is 0 Å². The maximum atomic E-state index is 12.9. The third-order valence-corrected chi connectivity index (χ3v) is 7.25. The number of esters is 1. The van der Waals surface area contributed by atoms with Crippen molar-refractivity contribution in [1.82, 2.24) is 20.1 Å². The average Bonchev–Trinajstić information content (AvgIpc) is 3.23. The Hall–Kier alpha value is -3.79. The highest BCUT2D eigenvalue weighted by atomic mass is 16.5. The number of carbonyl (C=O) groups excluding carboxylic acids is 4. The van der Waals surface area contributed by atoms with Gasteiger partial charge in [0, 0.05) is 31.1 Å². The minimum atomic E-state index is -0.635. The van der Waals surface area contributed by atoms with E-state index in [0.29, 0.717) is 43.1 Å². The van der Waals surface area contributed by atoms with Gasteiger partial charge >= 0.3 is 5.97 Å². The molecule has 1 aromatic carbocycles. The van der Waals surface area contributed by atoms with Crippen LogP contribution in [0.15, 0.2) is 36.4 Å². The Kier molecular flexibility index (Phi) is 7.18. The van der Waals surface area contributed by atoms with Crippen molar-refractivity contribution in [1.29, 1.82) is 0 Å². The molecule has 2 saturated heterocycles. The van der Waals surface area contributed by atoms with Gasteiger partial charge in [-0.1, -0.05) is 12.5 Å². The predicted octanol–water partition coefficient (Wildman–Crippen LogP) is 2.06. The summed E-state index contributed by atoms with van der Waals surface area (Å²) in [6.45, 7) is 2.33. The number of amides is 3. The molecule has 0 bridgehead atoms. The molecule has 3 amide bonds. The Labute approximate surface area is 214 Å². The van der Waals surface area contributed by atoms with Crippen LogP contribution in [0.25, 0.3) is 0 Å². The highest BCUT2D eigenvalue weighted by Crippen LogP contribution is 2.30. The van der Waals surface area contributed by atoms with E-state index in [0.717, 1.165) is 37.1 Å². The van der Waals surface area contributed by atoms with Crippen LogP contribution >= 0.6 is 0 Å². The van der Waals surface area contributed by atoms with Crippen molar-refractivity contribution in [2.75, 3.05) is 20.3 Å². The van der Waals surface area contributed by atoms with Crippen molar-refractivity contribution in [2.24, 2.45) is 0 Å². The van der Waals surface area contributed by atoms with Crippen LogP contribution in [0.4, 0.5) is 0 Å². The fraction of sp³-hybridized carbons (Fsp3) is 0.444. The number of fused-ring (bicyclic) bond motifs is 1. The summed E-state index contributed by atoms with van der Waals surface area (Å²) in [5.74, 6) is -0.696. The van der Waals surface area contributed by atoms with Crippen LogP contribution in [-0.2, 0) is 27.4 Å². The van der Waals surface area contributed by atoms with Gasteiger partial charge in [-0.25, -0.2) is 9.78 Å². The second kappa shape index (κ2) is 10.7. The zero-order valence-electron chi connectivity index (χ0n) is 20.8. The van der Waals surface area contributed by atoms with Crippen LogP contribution in [-0.4, -0.2) is 70.8 Å². The van der Waals surface area contributed by atoms with Gasteiger partial charge < -0.3 is 14.4 Å². The molecule has 0 aliphatic carbocycles. The Morgan fingerprint density at radius 2 is 2.00 bits per heavy atom. The normalized spacial score (nSPS) is 22.0. The van der Waals surface area contributed by atoms with Gasteiger partial charge in [0.2, 0.25) is 11.8 Å². The Morgan fingerprint density at radius 1 is 1.14 bits per heavy atom. The van der Waals surface area contributed by atoms with Gasteiger partial charge in [0.25, 0.3) is 5.91 Å². The predicted molar refractivity (Wildman–Crippen MR) is 132 cm³/mol. The Bertz CT molecular complexity index is 1230. The number of ether oxygens (including phenoxy) is 2. The van der Waals surface area contributed by atoms with Gasteiger partial charge in [-0.15, -0.1) is 0 Å². The van der Waals surface area contributed by atoms with Crippen LogP contribution < -0.4 is 10.1 Å². The first-order chi connectivity index (χ1) is 17.9. The number of carbonyl (C=O) groups is 4. The highest BCUT2D eigenvalue weighted by Gasteiger charge is 2.39. The first-order valence-corrected chi connectivity index (χ1v) is 12.6. The summed E-state index contributed by atoms with van der Waals surface area (Å²) in [7, 11) is 1.34. The molecule has 194 valence electrons. The van der Waals surface area contributed by atoms with E-state index < -0.39 is 17.9 Å². The van der Waals surface area contributed by atoms with Gasteiger partial charge in [-0.05, 0) is 61.7 Å². The number of benzene rings is 1. The molecule has 1 aromatic heterocycles. The summed E-state index contributed by atoms with van der Waals surface area (Å²) >= 11 is 0. The lowest BCUT2D eigenvalue weighted by Crippen LogP contribution is -2.52. The fourth-order valence-corrected chi connectivity index (χ4v) is 5.28. The summed E-state index contributed by atoms with van der Waals surface area (Å²) in [5.41, 5.74) is 2.48. The van der Waals surface area contributed by atoms with E-state index in [-0.39, 0.29) is 24.3 Å². The van der Waals surface area contributed by atoms with Crippen LogP contribution in [0.3, 0.4) is 0 Å². The van der Waals surface area contributed by atoms with Crippen LogP contribution in [0.1, 0.15) is 64.2 Å². The molecule has 3 aliphatic rings. The van der Waals surface area contributed by atoms with Crippen molar-refractivity contribution in [3.8, 4) is 5.75 Å². The van der Waals surface area contributed by atoms with Crippen molar-refractivity contribution in [3.05, 3.63) is 58.9 Å². The second-order valence-electron chi connectivity index (χ2n) is 9.66. The van der Waals surface area contributed by atoms with Crippen molar-refractivity contribution < 1.29 is 28.7 Å². The minimum Gasteiger partial charge on any atom is -0.492 e. The van der Waals surface area contributed by atoms with E-state index in [1.165, 1.54) is 12.0 Å². The van der Waals surface area contributed by atoms with Crippen LogP contribution in [0, 0.1) is 0 Å². The molecule has 0 spiro atoms. The number of methoxy groups -OCH3 is 1. The molecule has 10 heteroatoms. The average molecular weight is 507 g/mol. The zero-order valence-corrected chi connectivity index (χ0v) is 20.8. The molecule has 4 heterocycles. The van der Waals surface area contributed by atoms with E-state index >= 15 is 0 Å². The third kappa shape index (κ3) is 5.34. The number of aromatic nitrogens is 1. The summed E-state index contributed by atoms with van der Waals surface area (Å²) in [5, 5.41) is 2.33. The topological polar surface area (TPSA) is 118 Å². The monoisotopic (exact) mass is 506 g/mol. The molecule has 3 aliphatic heterocycles. The molecule has 37 heavy (non-hydrogen) atoms. The Balaban J connectivity index is 1.22. The maximum Gasteiger partial charge on any atom is 0.356 e. The molecule has 5 rings (SSSR count). The molecule has 0 radical (unpaired) electrons. The number of hydrogen-bond donors (Lipinski definition) is 1. The standard InChI is InChI=1S/C27H30N4O6/c1-36-27(35)22-7-4-5-18(28-22)15-30-12-3-2-6-19(30)16-37-20-8-9-21-17(13-20)14-31(26(21)34)23-10-11-24(32)29-25(23)33/h4-5,7-9,13,19,23H,2-3,6,10-12,14-16H2,1H3,(H,29,32,33)/t19-,23?/m1/s1. The number of hydrogen-bond acceptors (Lipinski definition) is 8. The third-order valence-electron chi connectivity index (χ3n) is 7.25. The molecular weight excluding hydrogens is 476 g/mol. The van der Waals surface area contributed by atoms with Crippen molar-refractivity contribution in [3.63, 3.8) is 0 Å². The number of likely N-dealkylation sites (tertiary alicyclic amines) is 1. The summed E-state index contributed by atoms with van der Waals surface area (Å²) in [4.78, 5) is 56.8. The van der Waals surface area contributed by atoms with Crippen molar-refractivity contribution in [2.45, 2.75) is 57.3 Å². The number of imide groups is 1. The molecule has 2 aromatic rings. The lowest BCUT2D eigenvalue weighted by Gasteiger charge is -2.35. The molecule has 0 saturated carbocycles. The van der Waals surface area contributed by atoms with Gasteiger partial charge in [0.1, 0.15) is 24.1 Å². The van der Waals surface area contributed by atoms with E-state index in [2.05, 4.69) is 15.2 Å². The number of rotatable bonds is 7. The maximum absolute atomic E-state index is 12.9. The molecule has 1 N–H and O–H groups in total. The number of piperidine rings is 2. The molecular formula is C27H30N4O6. The minimum absolute atomic E-state index is 0.187. The van der Waals surface area contributed by atoms with E-state index in [1.807, 2.05) is 18.2 Å². The largest absolute Gasteiger partial charge is 0.492 e. The van der Waals surface area contributed by atoms with Crippen molar-refractivity contribution >= 4 is 23.7 Å². The van der Waals surface area contributed by atoms with E-state index in [1.54, 1.807) is 18.2 Å². The molecule has 1 unspecified atom stereocenters. The quantitative estimate of drug-likeness (QED) is 0.448. The van der Waals surface area contributed by atoms with Gasteiger partial charge in [-0.3, -0.25) is 24.6 Å². The van der Waals surface area contributed by atoms with Gasteiger partial charge in [0.05, 0.1) is 12.8 Å². The number of nitrogens with one attached hydrogen (secondary N) is 1. The first-order valence-electron chi connectivity index (χ1n) is 12.6. The van der Waals surface area contributed by atoms with Crippen LogP contribution in [0.2, 0.25) is 0 Å². The molecule has 10 nitrogen and oxygen atoms in total. The Morgan fingerprint density at radius 3 is 2.81 bits per heavy atom. The molecule has 2 fully saturated rings.